The van der Waals surface area contributed by atoms with Gasteiger partial charge in [0.25, 0.3) is 0 Å². The molecule has 2 nitrogen and oxygen atoms in total. The Bertz CT molecular complexity index is 560. The Balaban J connectivity index is 1.88. The van der Waals surface area contributed by atoms with Crippen LogP contribution in [-0.4, -0.2) is 13.1 Å². The number of benzene rings is 2. The van der Waals surface area contributed by atoms with E-state index in [1.54, 1.807) is 0 Å². The lowest BCUT2D eigenvalue weighted by molar-refractivity contribution is 0.304. The maximum Gasteiger partial charge on any atom is 0.122 e. The van der Waals surface area contributed by atoms with Gasteiger partial charge in [-0.05, 0) is 56.1 Å². The fourth-order valence-electron chi connectivity index (χ4n) is 2.33. The Morgan fingerprint density at radius 2 is 1.67 bits per heavy atom. The highest BCUT2D eigenvalue weighted by atomic mass is 16.5. The van der Waals surface area contributed by atoms with Crippen molar-refractivity contribution in [3.8, 4) is 5.75 Å². The van der Waals surface area contributed by atoms with Crippen molar-refractivity contribution in [3.05, 3.63) is 64.7 Å². The number of likely N-dealkylation sites (N-methyl/N-ethyl adjacent to an activating group) is 1. The summed E-state index contributed by atoms with van der Waals surface area (Å²) in [5.74, 6) is 0.969. The standard InChI is InChI=1S/C19H25NO/c1-4-20-12-11-17-6-8-18(9-7-17)14-21-19-10-5-15(2)13-16(19)3/h5-10,13,20H,4,11-12,14H2,1-3H3. The largest absolute Gasteiger partial charge is 0.489 e. The predicted molar refractivity (Wildman–Crippen MR) is 88.9 cm³/mol. The number of aryl methyl sites for hydroxylation is 2. The molecule has 2 rings (SSSR count). The second-order valence-corrected chi connectivity index (χ2v) is 5.48. The zero-order valence-electron chi connectivity index (χ0n) is 13.3. The summed E-state index contributed by atoms with van der Waals surface area (Å²) in [5.41, 5.74) is 5.04. The highest BCUT2D eigenvalue weighted by molar-refractivity contribution is 5.36. The van der Waals surface area contributed by atoms with Crippen molar-refractivity contribution in [3.63, 3.8) is 0 Å². The number of nitrogens with one attached hydrogen (secondary N) is 1. The molecule has 0 atom stereocenters. The van der Waals surface area contributed by atoms with Crippen LogP contribution in [0.15, 0.2) is 42.5 Å². The highest BCUT2D eigenvalue weighted by Crippen LogP contribution is 2.20. The molecular formula is C19H25NO. The number of rotatable bonds is 7. The lowest BCUT2D eigenvalue weighted by Gasteiger charge is -2.10. The molecule has 0 aliphatic carbocycles. The lowest BCUT2D eigenvalue weighted by atomic mass is 10.1. The summed E-state index contributed by atoms with van der Waals surface area (Å²) in [5, 5.41) is 3.34. The zero-order valence-corrected chi connectivity index (χ0v) is 13.3. The number of hydrogen-bond donors (Lipinski definition) is 1. The van der Waals surface area contributed by atoms with Crippen LogP contribution < -0.4 is 10.1 Å². The molecule has 0 bridgehead atoms. The van der Waals surface area contributed by atoms with Crippen molar-refractivity contribution < 1.29 is 4.74 Å². The molecule has 1 N–H and O–H groups in total. The summed E-state index contributed by atoms with van der Waals surface area (Å²) in [6.07, 6.45) is 1.08. The van der Waals surface area contributed by atoms with Gasteiger partial charge in [0.1, 0.15) is 12.4 Å². The number of ether oxygens (including phenoxy) is 1. The topological polar surface area (TPSA) is 21.3 Å². The van der Waals surface area contributed by atoms with Gasteiger partial charge in [-0.3, -0.25) is 0 Å². The minimum absolute atomic E-state index is 0.622. The van der Waals surface area contributed by atoms with Gasteiger partial charge in [0.15, 0.2) is 0 Å². The quantitative estimate of drug-likeness (QED) is 0.775. The van der Waals surface area contributed by atoms with E-state index in [1.807, 2.05) is 0 Å². The lowest BCUT2D eigenvalue weighted by Crippen LogP contribution is -2.15. The molecule has 2 heteroatoms. The normalized spacial score (nSPS) is 10.6. The molecular weight excluding hydrogens is 258 g/mol. The molecule has 21 heavy (non-hydrogen) atoms. The van der Waals surface area contributed by atoms with E-state index < -0.39 is 0 Å². The fraction of sp³-hybridized carbons (Fsp3) is 0.368. The van der Waals surface area contributed by atoms with Crippen LogP contribution in [0.5, 0.6) is 5.75 Å². The first-order valence-corrected chi connectivity index (χ1v) is 7.67. The van der Waals surface area contributed by atoms with Crippen LogP contribution in [0, 0.1) is 13.8 Å². The van der Waals surface area contributed by atoms with Gasteiger partial charge in [-0.15, -0.1) is 0 Å². The minimum Gasteiger partial charge on any atom is -0.489 e. The smallest absolute Gasteiger partial charge is 0.122 e. The molecule has 0 amide bonds. The molecule has 0 aliphatic rings. The molecule has 0 fully saturated rings. The van der Waals surface area contributed by atoms with Crippen LogP contribution >= 0.6 is 0 Å². The third kappa shape index (κ3) is 4.91. The number of hydrogen-bond acceptors (Lipinski definition) is 2. The molecule has 112 valence electrons. The molecule has 0 radical (unpaired) electrons. The summed E-state index contributed by atoms with van der Waals surface area (Å²) >= 11 is 0. The van der Waals surface area contributed by atoms with E-state index in [1.165, 1.54) is 22.3 Å². The predicted octanol–water partition coefficient (Wildman–Crippen LogP) is 4.03. The molecule has 0 saturated carbocycles. The SMILES string of the molecule is CCNCCc1ccc(COc2ccc(C)cc2C)cc1. The molecule has 0 saturated heterocycles. The van der Waals surface area contributed by atoms with Gasteiger partial charge >= 0.3 is 0 Å². The van der Waals surface area contributed by atoms with Crippen LogP contribution in [0.25, 0.3) is 0 Å². The highest BCUT2D eigenvalue weighted by Gasteiger charge is 2.01. The minimum atomic E-state index is 0.622. The van der Waals surface area contributed by atoms with Crippen molar-refractivity contribution in [2.24, 2.45) is 0 Å². The Labute approximate surface area is 128 Å². The Kier molecular flexibility index (Phi) is 5.82. The van der Waals surface area contributed by atoms with Gasteiger partial charge in [0, 0.05) is 0 Å². The first kappa shape index (κ1) is 15.6. The van der Waals surface area contributed by atoms with E-state index >= 15 is 0 Å². The average Bonchev–Trinajstić information content (AvgIpc) is 2.48. The molecule has 0 aliphatic heterocycles. The average molecular weight is 283 g/mol. The monoisotopic (exact) mass is 283 g/mol. The second-order valence-electron chi connectivity index (χ2n) is 5.48. The van der Waals surface area contributed by atoms with Crippen LogP contribution in [0.4, 0.5) is 0 Å². The van der Waals surface area contributed by atoms with Gasteiger partial charge in [0.2, 0.25) is 0 Å². The summed E-state index contributed by atoms with van der Waals surface area (Å²) in [6.45, 7) is 9.01. The summed E-state index contributed by atoms with van der Waals surface area (Å²) in [7, 11) is 0. The van der Waals surface area contributed by atoms with Crippen LogP contribution in [0.3, 0.4) is 0 Å². The summed E-state index contributed by atoms with van der Waals surface area (Å²) in [6, 6.07) is 15.0. The third-order valence-electron chi connectivity index (χ3n) is 3.59. The molecule has 0 unspecified atom stereocenters. The van der Waals surface area contributed by atoms with E-state index in [9.17, 15) is 0 Å². The Morgan fingerprint density at radius 3 is 2.33 bits per heavy atom. The van der Waals surface area contributed by atoms with E-state index in [0.29, 0.717) is 6.61 Å². The third-order valence-corrected chi connectivity index (χ3v) is 3.59. The van der Waals surface area contributed by atoms with Crippen LogP contribution in [-0.2, 0) is 13.0 Å². The van der Waals surface area contributed by atoms with E-state index in [2.05, 4.69) is 68.6 Å². The van der Waals surface area contributed by atoms with Crippen molar-refractivity contribution in [2.75, 3.05) is 13.1 Å². The van der Waals surface area contributed by atoms with E-state index in [-0.39, 0.29) is 0 Å². The molecule has 0 spiro atoms. The van der Waals surface area contributed by atoms with Crippen molar-refractivity contribution in [2.45, 2.75) is 33.8 Å². The van der Waals surface area contributed by atoms with Gasteiger partial charge in [-0.2, -0.15) is 0 Å². The van der Waals surface area contributed by atoms with Gasteiger partial charge in [-0.1, -0.05) is 48.9 Å². The fourth-order valence-corrected chi connectivity index (χ4v) is 2.33. The first-order chi connectivity index (χ1) is 10.2. The van der Waals surface area contributed by atoms with Crippen LogP contribution in [0.1, 0.15) is 29.2 Å². The first-order valence-electron chi connectivity index (χ1n) is 7.67. The molecule has 0 heterocycles. The summed E-state index contributed by atoms with van der Waals surface area (Å²) in [4.78, 5) is 0. The Hall–Kier alpha value is -1.80. The van der Waals surface area contributed by atoms with Gasteiger partial charge in [0.05, 0.1) is 0 Å². The van der Waals surface area contributed by atoms with Crippen molar-refractivity contribution in [1.82, 2.24) is 5.32 Å². The van der Waals surface area contributed by atoms with Gasteiger partial charge in [-0.25, -0.2) is 0 Å². The molecule has 2 aromatic carbocycles. The van der Waals surface area contributed by atoms with E-state index in [4.69, 9.17) is 4.74 Å². The maximum absolute atomic E-state index is 5.90. The molecule has 2 aromatic rings. The molecule has 0 aromatic heterocycles. The van der Waals surface area contributed by atoms with Gasteiger partial charge < -0.3 is 10.1 Å². The Morgan fingerprint density at radius 1 is 0.952 bits per heavy atom. The van der Waals surface area contributed by atoms with Crippen LogP contribution in [0.2, 0.25) is 0 Å². The zero-order chi connectivity index (χ0) is 15.1. The van der Waals surface area contributed by atoms with E-state index in [0.717, 1.165) is 25.3 Å². The summed E-state index contributed by atoms with van der Waals surface area (Å²) < 4.78 is 5.90. The second kappa shape index (κ2) is 7.84. The van der Waals surface area contributed by atoms with Crippen molar-refractivity contribution in [1.29, 1.82) is 0 Å². The maximum atomic E-state index is 5.90. The van der Waals surface area contributed by atoms with Crippen molar-refractivity contribution >= 4 is 0 Å².